The standard InChI is InChI=1S/C20H19N9O/c1-28-11-12(7-23-28)14-6-13-15(9-22-14)26-27-18(13)20-24-16-8-21-10-17(19(16)25-20)29-2-4-30-5-3-29/h6-11H,2-5H2,1H3,(H,24,25)(H,26,27). The van der Waals surface area contributed by atoms with E-state index in [4.69, 9.17) is 9.72 Å². The van der Waals surface area contributed by atoms with Gasteiger partial charge >= 0.3 is 0 Å². The molecule has 10 heteroatoms. The summed E-state index contributed by atoms with van der Waals surface area (Å²) in [6, 6.07) is 2.01. The van der Waals surface area contributed by atoms with Crippen molar-refractivity contribution < 1.29 is 4.74 Å². The number of hydrogen-bond donors (Lipinski definition) is 2. The number of aromatic amines is 2. The first kappa shape index (κ1) is 17.1. The van der Waals surface area contributed by atoms with Crippen LogP contribution in [0.4, 0.5) is 5.69 Å². The summed E-state index contributed by atoms with van der Waals surface area (Å²) >= 11 is 0. The molecule has 1 aliphatic rings. The van der Waals surface area contributed by atoms with Crippen LogP contribution >= 0.6 is 0 Å². The van der Waals surface area contributed by atoms with Gasteiger partial charge < -0.3 is 14.6 Å². The minimum absolute atomic E-state index is 0.696. The fraction of sp³-hybridized carbons (Fsp3) is 0.250. The Balaban J connectivity index is 1.47. The average Bonchev–Trinajstić information content (AvgIpc) is 3.50. The number of morpholine rings is 1. The molecule has 0 unspecified atom stereocenters. The molecule has 30 heavy (non-hydrogen) atoms. The molecule has 6 rings (SSSR count). The van der Waals surface area contributed by atoms with Crippen LogP contribution in [0.1, 0.15) is 0 Å². The van der Waals surface area contributed by atoms with E-state index in [0.717, 1.165) is 57.7 Å². The lowest BCUT2D eigenvalue weighted by Gasteiger charge is -2.28. The molecule has 0 atom stereocenters. The van der Waals surface area contributed by atoms with Crippen LogP contribution in [-0.4, -0.2) is 66.2 Å². The van der Waals surface area contributed by atoms with Crippen LogP contribution in [0.25, 0.3) is 44.7 Å². The first-order valence-corrected chi connectivity index (χ1v) is 9.76. The summed E-state index contributed by atoms with van der Waals surface area (Å²) in [5, 5.41) is 12.8. The van der Waals surface area contributed by atoms with Gasteiger partial charge in [0.2, 0.25) is 0 Å². The smallest absolute Gasteiger partial charge is 0.159 e. The van der Waals surface area contributed by atoms with Gasteiger partial charge in [0.15, 0.2) is 5.82 Å². The molecule has 1 aliphatic heterocycles. The van der Waals surface area contributed by atoms with E-state index in [0.29, 0.717) is 19.0 Å². The number of nitrogens with one attached hydrogen (secondary N) is 2. The van der Waals surface area contributed by atoms with Crippen molar-refractivity contribution in [1.82, 2.24) is 39.9 Å². The highest BCUT2D eigenvalue weighted by Gasteiger charge is 2.19. The summed E-state index contributed by atoms with van der Waals surface area (Å²) in [7, 11) is 1.89. The lowest BCUT2D eigenvalue weighted by Crippen LogP contribution is -2.36. The number of aryl methyl sites for hydroxylation is 1. The second-order valence-corrected chi connectivity index (χ2v) is 7.33. The molecule has 150 valence electrons. The zero-order chi connectivity index (χ0) is 20.1. The molecule has 5 aromatic heterocycles. The molecular formula is C20H19N9O. The molecule has 6 heterocycles. The lowest BCUT2D eigenvalue weighted by atomic mass is 10.1. The Bertz CT molecular complexity index is 1360. The summed E-state index contributed by atoms with van der Waals surface area (Å²) in [6.07, 6.45) is 9.20. The van der Waals surface area contributed by atoms with Gasteiger partial charge in [0, 0.05) is 37.3 Å². The van der Waals surface area contributed by atoms with Crippen LogP contribution in [0, 0.1) is 0 Å². The van der Waals surface area contributed by atoms with Crippen molar-refractivity contribution in [3.05, 3.63) is 37.1 Å². The van der Waals surface area contributed by atoms with Gasteiger partial charge in [0.1, 0.15) is 11.2 Å². The molecule has 0 saturated carbocycles. The Labute approximate surface area is 170 Å². The first-order valence-electron chi connectivity index (χ1n) is 9.76. The van der Waals surface area contributed by atoms with Gasteiger partial charge in [-0.25, -0.2) is 4.98 Å². The van der Waals surface area contributed by atoms with E-state index < -0.39 is 0 Å². The molecule has 2 N–H and O–H groups in total. The Morgan fingerprint density at radius 3 is 2.80 bits per heavy atom. The number of anilines is 1. The molecule has 10 nitrogen and oxygen atoms in total. The van der Waals surface area contributed by atoms with Crippen LogP contribution in [0.15, 0.2) is 37.1 Å². The van der Waals surface area contributed by atoms with Crippen molar-refractivity contribution in [2.24, 2.45) is 7.05 Å². The van der Waals surface area contributed by atoms with Gasteiger partial charge in [-0.3, -0.25) is 19.7 Å². The van der Waals surface area contributed by atoms with E-state index >= 15 is 0 Å². The van der Waals surface area contributed by atoms with Gasteiger partial charge in [-0.05, 0) is 6.07 Å². The molecule has 0 amide bonds. The highest BCUT2D eigenvalue weighted by molar-refractivity contribution is 5.96. The monoisotopic (exact) mass is 401 g/mol. The van der Waals surface area contributed by atoms with E-state index in [1.807, 2.05) is 25.5 Å². The Hall–Kier alpha value is -3.79. The third kappa shape index (κ3) is 2.72. The third-order valence-corrected chi connectivity index (χ3v) is 5.40. The average molecular weight is 401 g/mol. The number of imidazole rings is 1. The van der Waals surface area contributed by atoms with Crippen molar-refractivity contribution in [3.8, 4) is 22.8 Å². The van der Waals surface area contributed by atoms with E-state index in [9.17, 15) is 0 Å². The number of aromatic nitrogens is 8. The Kier molecular flexibility index (Phi) is 3.78. The van der Waals surface area contributed by atoms with Crippen LogP contribution < -0.4 is 4.90 Å². The zero-order valence-electron chi connectivity index (χ0n) is 16.3. The predicted molar refractivity (Wildman–Crippen MR) is 112 cm³/mol. The highest BCUT2D eigenvalue weighted by Crippen LogP contribution is 2.31. The summed E-state index contributed by atoms with van der Waals surface area (Å²) < 4.78 is 7.24. The predicted octanol–water partition coefficient (Wildman–Crippen LogP) is 2.13. The van der Waals surface area contributed by atoms with Gasteiger partial charge in [-0.15, -0.1) is 0 Å². The summed E-state index contributed by atoms with van der Waals surface area (Å²) in [4.78, 5) is 19.5. The van der Waals surface area contributed by atoms with Crippen LogP contribution in [0.2, 0.25) is 0 Å². The van der Waals surface area contributed by atoms with Gasteiger partial charge in [0.05, 0.1) is 60.4 Å². The fourth-order valence-electron chi connectivity index (χ4n) is 3.88. The second-order valence-electron chi connectivity index (χ2n) is 7.33. The quantitative estimate of drug-likeness (QED) is 0.476. The highest BCUT2D eigenvalue weighted by atomic mass is 16.5. The molecule has 5 aromatic rings. The van der Waals surface area contributed by atoms with Crippen molar-refractivity contribution in [2.75, 3.05) is 31.2 Å². The maximum Gasteiger partial charge on any atom is 0.159 e. The van der Waals surface area contributed by atoms with Gasteiger partial charge in [-0.2, -0.15) is 10.2 Å². The van der Waals surface area contributed by atoms with Gasteiger partial charge in [0.25, 0.3) is 0 Å². The maximum absolute atomic E-state index is 5.48. The molecular weight excluding hydrogens is 382 g/mol. The molecule has 1 saturated heterocycles. The van der Waals surface area contributed by atoms with E-state index in [2.05, 4.69) is 35.1 Å². The summed E-state index contributed by atoms with van der Waals surface area (Å²) in [5.74, 6) is 0.696. The fourth-order valence-corrected chi connectivity index (χ4v) is 3.88. The minimum atomic E-state index is 0.696. The van der Waals surface area contributed by atoms with Crippen LogP contribution in [0.3, 0.4) is 0 Å². The number of hydrogen-bond acceptors (Lipinski definition) is 7. The second kappa shape index (κ2) is 6.63. The third-order valence-electron chi connectivity index (χ3n) is 5.40. The van der Waals surface area contributed by atoms with Crippen molar-refractivity contribution in [1.29, 1.82) is 0 Å². The summed E-state index contributed by atoms with van der Waals surface area (Å²) in [5.41, 5.74) is 6.17. The van der Waals surface area contributed by atoms with Crippen LogP contribution in [-0.2, 0) is 11.8 Å². The molecule has 0 aromatic carbocycles. The molecule has 0 radical (unpaired) electrons. The zero-order valence-corrected chi connectivity index (χ0v) is 16.3. The van der Waals surface area contributed by atoms with E-state index in [1.165, 1.54) is 0 Å². The minimum Gasteiger partial charge on any atom is -0.378 e. The molecule has 0 bridgehead atoms. The largest absolute Gasteiger partial charge is 0.378 e. The van der Waals surface area contributed by atoms with Crippen LogP contribution in [0.5, 0.6) is 0 Å². The van der Waals surface area contributed by atoms with Crippen molar-refractivity contribution >= 4 is 27.6 Å². The first-order chi connectivity index (χ1) is 14.8. The number of fused-ring (bicyclic) bond motifs is 2. The maximum atomic E-state index is 5.48. The lowest BCUT2D eigenvalue weighted by molar-refractivity contribution is 0.123. The SMILES string of the molecule is Cn1cc(-c2cc3c(-c4nc5c(N6CCOCC6)cncc5[nH]4)n[nH]c3cn2)cn1. The molecule has 0 spiro atoms. The molecule has 0 aliphatic carbocycles. The van der Waals surface area contributed by atoms with E-state index in [-0.39, 0.29) is 0 Å². The Morgan fingerprint density at radius 2 is 1.97 bits per heavy atom. The topological polar surface area (TPSA) is 113 Å². The number of pyridine rings is 2. The van der Waals surface area contributed by atoms with Crippen molar-refractivity contribution in [2.45, 2.75) is 0 Å². The normalized spacial score (nSPS) is 14.8. The van der Waals surface area contributed by atoms with Crippen molar-refractivity contribution in [3.63, 3.8) is 0 Å². The molecule has 1 fully saturated rings. The number of rotatable bonds is 3. The Morgan fingerprint density at radius 1 is 1.07 bits per heavy atom. The van der Waals surface area contributed by atoms with E-state index in [1.54, 1.807) is 23.3 Å². The number of H-pyrrole nitrogens is 2. The summed E-state index contributed by atoms with van der Waals surface area (Å²) in [6.45, 7) is 3.08. The number of ether oxygens (including phenoxy) is 1. The van der Waals surface area contributed by atoms with Gasteiger partial charge in [-0.1, -0.05) is 0 Å². The number of nitrogens with zero attached hydrogens (tertiary/aromatic N) is 7.